The molecule has 1 aromatic carbocycles. The fraction of sp³-hybridized carbons (Fsp3) is 0.500. The van der Waals surface area contributed by atoms with Gasteiger partial charge in [-0.2, -0.15) is 0 Å². The Morgan fingerprint density at radius 1 is 1.48 bits per heavy atom. The minimum Gasteiger partial charge on any atom is -0.350 e. The summed E-state index contributed by atoms with van der Waals surface area (Å²) in [4.78, 5) is 27.1. The number of likely N-dealkylation sites (N-methyl/N-ethyl adjacent to an activating group) is 2. The van der Waals surface area contributed by atoms with E-state index in [-0.39, 0.29) is 22.3 Å². The molecule has 1 N–H and O–H groups in total. The summed E-state index contributed by atoms with van der Waals surface area (Å²) in [7, 11) is 4.05. The molecule has 1 fully saturated rings. The summed E-state index contributed by atoms with van der Waals surface area (Å²) < 4.78 is 0.438. The van der Waals surface area contributed by atoms with Crippen molar-refractivity contribution >= 4 is 39.1 Å². The van der Waals surface area contributed by atoms with E-state index in [4.69, 9.17) is 11.6 Å². The Hall–Kier alpha value is -1.22. The van der Waals surface area contributed by atoms with Crippen LogP contribution in [-0.4, -0.2) is 66.9 Å². The number of carbonyl (C=O) groups excluding carboxylic acids is 1. The number of piperazine rings is 1. The molecule has 23 heavy (non-hydrogen) atoms. The van der Waals surface area contributed by atoms with Gasteiger partial charge < -0.3 is 10.2 Å². The van der Waals surface area contributed by atoms with Crippen LogP contribution in [0.5, 0.6) is 0 Å². The predicted octanol–water partition coefficient (Wildman–Crippen LogP) is 1.99. The SMILES string of the molecule is CN1CCN(C)[C@H](CNC(=O)c2cc(Br)cc([N+](=O)[O-])c2Cl)C1. The van der Waals surface area contributed by atoms with E-state index < -0.39 is 10.8 Å². The zero-order valence-corrected chi connectivity index (χ0v) is 15.2. The third kappa shape index (κ3) is 4.41. The Bertz CT molecular complexity index is 628. The lowest BCUT2D eigenvalue weighted by Gasteiger charge is -2.37. The van der Waals surface area contributed by atoms with Crippen LogP contribution in [0.2, 0.25) is 5.02 Å². The van der Waals surface area contributed by atoms with Crippen LogP contribution in [0.4, 0.5) is 5.69 Å². The lowest BCUT2D eigenvalue weighted by molar-refractivity contribution is -0.384. The molecule has 1 aliphatic rings. The van der Waals surface area contributed by atoms with Crippen LogP contribution in [0, 0.1) is 10.1 Å². The van der Waals surface area contributed by atoms with Gasteiger partial charge in [0.1, 0.15) is 5.02 Å². The lowest BCUT2D eigenvalue weighted by Crippen LogP contribution is -2.54. The zero-order chi connectivity index (χ0) is 17.1. The van der Waals surface area contributed by atoms with Gasteiger partial charge in [0.2, 0.25) is 0 Å². The fourth-order valence-electron chi connectivity index (χ4n) is 2.50. The quantitative estimate of drug-likeness (QED) is 0.612. The van der Waals surface area contributed by atoms with Crippen molar-refractivity contribution in [1.29, 1.82) is 0 Å². The van der Waals surface area contributed by atoms with E-state index in [2.05, 4.69) is 31.0 Å². The van der Waals surface area contributed by atoms with Gasteiger partial charge in [-0.05, 0) is 20.2 Å². The number of rotatable bonds is 4. The largest absolute Gasteiger partial charge is 0.350 e. The second-order valence-corrected chi connectivity index (χ2v) is 6.94. The van der Waals surface area contributed by atoms with Crippen molar-refractivity contribution in [1.82, 2.24) is 15.1 Å². The van der Waals surface area contributed by atoms with Crippen molar-refractivity contribution in [2.45, 2.75) is 6.04 Å². The maximum absolute atomic E-state index is 12.4. The van der Waals surface area contributed by atoms with Crippen LogP contribution < -0.4 is 5.32 Å². The number of nitro groups is 1. The Kier molecular flexibility index (Phi) is 5.96. The monoisotopic (exact) mass is 404 g/mol. The summed E-state index contributed by atoms with van der Waals surface area (Å²) in [6.07, 6.45) is 0. The zero-order valence-electron chi connectivity index (χ0n) is 12.9. The molecule has 0 spiro atoms. The average Bonchev–Trinajstić information content (AvgIpc) is 2.49. The van der Waals surface area contributed by atoms with E-state index in [0.717, 1.165) is 19.6 Å². The number of nitrogens with zero attached hydrogens (tertiary/aromatic N) is 3. The summed E-state index contributed by atoms with van der Waals surface area (Å²) in [5.74, 6) is -0.416. The molecule has 2 rings (SSSR count). The van der Waals surface area contributed by atoms with E-state index in [1.807, 2.05) is 14.1 Å². The molecule has 0 radical (unpaired) electrons. The second kappa shape index (κ2) is 7.57. The molecular formula is C14H18BrClN4O3. The molecule has 1 aromatic rings. The van der Waals surface area contributed by atoms with Crippen LogP contribution in [0.25, 0.3) is 0 Å². The Morgan fingerprint density at radius 2 is 2.17 bits per heavy atom. The van der Waals surface area contributed by atoms with E-state index in [0.29, 0.717) is 11.0 Å². The van der Waals surface area contributed by atoms with Crippen LogP contribution in [0.15, 0.2) is 16.6 Å². The smallest absolute Gasteiger partial charge is 0.289 e. The third-order valence-corrected chi connectivity index (χ3v) is 4.79. The summed E-state index contributed by atoms with van der Waals surface area (Å²) in [6.45, 7) is 3.23. The number of hydrogen-bond donors (Lipinski definition) is 1. The number of halogens is 2. The molecule has 0 aliphatic carbocycles. The summed E-state index contributed by atoms with van der Waals surface area (Å²) in [5, 5.41) is 13.7. The number of hydrogen-bond acceptors (Lipinski definition) is 5. The summed E-state index contributed by atoms with van der Waals surface area (Å²) in [5.41, 5.74) is -0.194. The molecule has 0 bridgehead atoms. The average molecular weight is 406 g/mol. The molecule has 1 aliphatic heterocycles. The summed E-state index contributed by atoms with van der Waals surface area (Å²) in [6, 6.07) is 2.96. The topological polar surface area (TPSA) is 78.7 Å². The Balaban J connectivity index is 2.10. The number of nitro benzene ring substituents is 1. The van der Waals surface area contributed by atoms with Crippen LogP contribution in [0.3, 0.4) is 0 Å². The fourth-order valence-corrected chi connectivity index (χ4v) is 3.21. The first-order valence-electron chi connectivity index (χ1n) is 7.10. The second-order valence-electron chi connectivity index (χ2n) is 5.65. The highest BCUT2D eigenvalue weighted by atomic mass is 79.9. The van der Waals surface area contributed by atoms with Gasteiger partial charge in [0.15, 0.2) is 0 Å². The molecule has 126 valence electrons. The molecule has 1 heterocycles. The molecule has 1 atom stereocenters. The third-order valence-electron chi connectivity index (χ3n) is 3.94. The molecule has 1 saturated heterocycles. The van der Waals surface area contributed by atoms with E-state index in [9.17, 15) is 14.9 Å². The highest BCUT2D eigenvalue weighted by Gasteiger charge is 2.25. The van der Waals surface area contributed by atoms with Crippen molar-refractivity contribution < 1.29 is 9.72 Å². The normalized spacial score (nSPS) is 19.6. The van der Waals surface area contributed by atoms with Gasteiger partial charge in [-0.1, -0.05) is 27.5 Å². The van der Waals surface area contributed by atoms with Gasteiger partial charge in [0.25, 0.3) is 11.6 Å². The Labute approximate surface area is 147 Å². The van der Waals surface area contributed by atoms with Gasteiger partial charge in [0.05, 0.1) is 10.5 Å². The van der Waals surface area contributed by atoms with Crippen LogP contribution in [0.1, 0.15) is 10.4 Å². The van der Waals surface area contributed by atoms with E-state index >= 15 is 0 Å². The maximum atomic E-state index is 12.4. The molecule has 0 aromatic heterocycles. The minimum atomic E-state index is -0.603. The number of carbonyl (C=O) groups is 1. The van der Waals surface area contributed by atoms with E-state index in [1.165, 1.54) is 12.1 Å². The van der Waals surface area contributed by atoms with Crippen LogP contribution in [-0.2, 0) is 0 Å². The summed E-state index contributed by atoms with van der Waals surface area (Å²) >= 11 is 9.17. The first-order valence-corrected chi connectivity index (χ1v) is 8.27. The van der Waals surface area contributed by atoms with Gasteiger partial charge >= 0.3 is 0 Å². The molecule has 0 saturated carbocycles. The van der Waals surface area contributed by atoms with Crippen LogP contribution >= 0.6 is 27.5 Å². The van der Waals surface area contributed by atoms with Gasteiger partial charge in [-0.15, -0.1) is 0 Å². The lowest BCUT2D eigenvalue weighted by atomic mass is 10.1. The predicted molar refractivity (Wildman–Crippen MR) is 92.1 cm³/mol. The molecule has 1 amide bonds. The van der Waals surface area contributed by atoms with Crippen molar-refractivity contribution in [2.24, 2.45) is 0 Å². The highest BCUT2D eigenvalue weighted by Crippen LogP contribution is 2.31. The first-order chi connectivity index (χ1) is 10.8. The number of amides is 1. The molecule has 9 heteroatoms. The van der Waals surface area contributed by atoms with Crippen molar-refractivity contribution in [3.05, 3.63) is 37.3 Å². The van der Waals surface area contributed by atoms with Gasteiger partial charge in [-0.25, -0.2) is 0 Å². The van der Waals surface area contributed by atoms with E-state index in [1.54, 1.807) is 0 Å². The Morgan fingerprint density at radius 3 is 2.83 bits per heavy atom. The van der Waals surface area contributed by atoms with Crippen molar-refractivity contribution in [3.63, 3.8) is 0 Å². The minimum absolute atomic E-state index is 0.0968. The number of benzene rings is 1. The van der Waals surface area contributed by atoms with Crippen molar-refractivity contribution in [3.8, 4) is 0 Å². The van der Waals surface area contributed by atoms with Crippen molar-refractivity contribution in [2.75, 3.05) is 40.3 Å². The van der Waals surface area contributed by atoms with Gasteiger partial charge in [-0.3, -0.25) is 19.8 Å². The maximum Gasteiger partial charge on any atom is 0.289 e. The van der Waals surface area contributed by atoms with Gasteiger partial charge in [0, 0.05) is 42.8 Å². The standard InChI is InChI=1S/C14H18BrClN4O3/c1-18-3-4-19(2)10(8-18)7-17-14(21)11-5-9(15)6-12(13(11)16)20(22)23/h5-6,10H,3-4,7-8H2,1-2H3,(H,17,21)/t10-/m1/s1. The molecule has 7 nitrogen and oxygen atoms in total. The first kappa shape index (κ1) is 18.1. The highest BCUT2D eigenvalue weighted by molar-refractivity contribution is 9.10. The number of nitrogens with one attached hydrogen (secondary N) is 1. The molecular weight excluding hydrogens is 388 g/mol. The molecule has 0 unspecified atom stereocenters.